The number of rotatable bonds is 2. The monoisotopic (exact) mass is 237 g/mol. The number of alkyl halides is 3. The van der Waals surface area contributed by atoms with Crippen molar-refractivity contribution < 1.29 is 13.2 Å². The van der Waals surface area contributed by atoms with Crippen LogP contribution in [0.2, 0.25) is 0 Å². The largest absolute Gasteiger partial charge is 0.401 e. The molecule has 1 nitrogen and oxygen atoms in total. The Morgan fingerprint density at radius 3 is 2.31 bits per heavy atom. The molecule has 0 bridgehead atoms. The number of halogens is 3. The first-order valence-electron chi connectivity index (χ1n) is 5.95. The van der Waals surface area contributed by atoms with Gasteiger partial charge in [0.2, 0.25) is 0 Å². The van der Waals surface area contributed by atoms with Crippen molar-refractivity contribution in [2.45, 2.75) is 46.2 Å². The summed E-state index contributed by atoms with van der Waals surface area (Å²) in [7, 11) is 0. The Hall–Kier alpha value is -0.250. The molecule has 1 fully saturated rings. The Kier molecular flexibility index (Phi) is 4.27. The van der Waals surface area contributed by atoms with Crippen LogP contribution >= 0.6 is 0 Å². The van der Waals surface area contributed by atoms with E-state index in [1.807, 2.05) is 0 Å². The molecule has 0 N–H and O–H groups in total. The van der Waals surface area contributed by atoms with Crippen molar-refractivity contribution in [3.05, 3.63) is 0 Å². The molecule has 0 saturated carbocycles. The zero-order chi connectivity index (χ0) is 12.4. The molecule has 16 heavy (non-hydrogen) atoms. The number of hydrogen-bond acceptors (Lipinski definition) is 1. The Morgan fingerprint density at radius 1 is 1.19 bits per heavy atom. The lowest BCUT2D eigenvalue weighted by molar-refractivity contribution is -0.149. The predicted octanol–water partition coefficient (Wildman–Crippen LogP) is 3.70. The van der Waals surface area contributed by atoms with Gasteiger partial charge >= 0.3 is 6.18 Å². The molecule has 1 rings (SSSR count). The Morgan fingerprint density at radius 2 is 1.81 bits per heavy atom. The van der Waals surface area contributed by atoms with E-state index >= 15 is 0 Å². The van der Waals surface area contributed by atoms with Gasteiger partial charge in [0.25, 0.3) is 0 Å². The standard InChI is InChI=1S/C12H22F3N/c1-11(2,3)7-10-5-4-6-16(8-10)9-12(13,14)15/h10H,4-9H2,1-3H3. The summed E-state index contributed by atoms with van der Waals surface area (Å²) in [5.41, 5.74) is 0.214. The van der Waals surface area contributed by atoms with Gasteiger partial charge in [-0.1, -0.05) is 20.8 Å². The lowest BCUT2D eigenvalue weighted by Crippen LogP contribution is -2.42. The van der Waals surface area contributed by atoms with E-state index in [2.05, 4.69) is 20.8 Å². The molecule has 0 radical (unpaired) electrons. The second kappa shape index (κ2) is 4.94. The first-order valence-corrected chi connectivity index (χ1v) is 5.95. The third kappa shape index (κ3) is 5.73. The molecule has 1 unspecified atom stereocenters. The average molecular weight is 237 g/mol. The van der Waals surface area contributed by atoms with Crippen molar-refractivity contribution in [1.29, 1.82) is 0 Å². The summed E-state index contributed by atoms with van der Waals surface area (Å²) in [4.78, 5) is 1.56. The van der Waals surface area contributed by atoms with Crippen LogP contribution in [0.4, 0.5) is 13.2 Å². The van der Waals surface area contributed by atoms with Crippen LogP contribution in [-0.2, 0) is 0 Å². The van der Waals surface area contributed by atoms with Gasteiger partial charge in [0, 0.05) is 6.54 Å². The quantitative estimate of drug-likeness (QED) is 0.708. The molecule has 0 amide bonds. The van der Waals surface area contributed by atoms with Crippen LogP contribution in [0.15, 0.2) is 0 Å². The van der Waals surface area contributed by atoms with Gasteiger partial charge in [-0.05, 0) is 37.1 Å². The SMILES string of the molecule is CC(C)(C)CC1CCCN(CC(F)(F)F)C1. The maximum absolute atomic E-state index is 12.3. The summed E-state index contributed by atoms with van der Waals surface area (Å²) in [6, 6.07) is 0. The number of hydrogen-bond donors (Lipinski definition) is 0. The van der Waals surface area contributed by atoms with Gasteiger partial charge in [-0.2, -0.15) is 13.2 Å². The average Bonchev–Trinajstić information content (AvgIpc) is 1.96. The highest BCUT2D eigenvalue weighted by Crippen LogP contribution is 2.31. The third-order valence-corrected chi connectivity index (χ3v) is 2.91. The van der Waals surface area contributed by atoms with Crippen LogP contribution in [0.25, 0.3) is 0 Å². The van der Waals surface area contributed by atoms with Crippen LogP contribution in [0.3, 0.4) is 0 Å². The molecule has 0 spiro atoms. The van der Waals surface area contributed by atoms with Crippen molar-refractivity contribution in [3.8, 4) is 0 Å². The van der Waals surface area contributed by atoms with E-state index in [4.69, 9.17) is 0 Å². The normalized spacial score (nSPS) is 24.8. The fourth-order valence-electron chi connectivity index (χ4n) is 2.58. The van der Waals surface area contributed by atoms with Gasteiger partial charge < -0.3 is 0 Å². The zero-order valence-electron chi connectivity index (χ0n) is 10.4. The smallest absolute Gasteiger partial charge is 0.295 e. The van der Waals surface area contributed by atoms with Gasteiger partial charge in [0.1, 0.15) is 0 Å². The van der Waals surface area contributed by atoms with Crippen LogP contribution < -0.4 is 0 Å². The lowest BCUT2D eigenvalue weighted by Gasteiger charge is -2.36. The third-order valence-electron chi connectivity index (χ3n) is 2.91. The Bertz CT molecular complexity index is 195. The summed E-state index contributed by atoms with van der Waals surface area (Å²) in [6.45, 7) is 6.91. The second-order valence-corrected chi connectivity index (χ2v) is 6.12. The molecule has 1 aliphatic rings. The van der Waals surface area contributed by atoms with Gasteiger partial charge in [-0.15, -0.1) is 0 Å². The molecule has 1 atom stereocenters. The summed E-state index contributed by atoms with van der Waals surface area (Å²) < 4.78 is 36.8. The summed E-state index contributed by atoms with van der Waals surface area (Å²) in [6.07, 6.45) is -1.06. The highest BCUT2D eigenvalue weighted by molar-refractivity contribution is 4.78. The Balaban J connectivity index is 2.41. The first kappa shape index (κ1) is 13.8. The molecule has 4 heteroatoms. The van der Waals surface area contributed by atoms with E-state index in [-0.39, 0.29) is 5.41 Å². The minimum Gasteiger partial charge on any atom is -0.295 e. The predicted molar refractivity (Wildman–Crippen MR) is 59.3 cm³/mol. The fourth-order valence-corrected chi connectivity index (χ4v) is 2.58. The highest BCUT2D eigenvalue weighted by atomic mass is 19.4. The van der Waals surface area contributed by atoms with Crippen LogP contribution in [-0.4, -0.2) is 30.7 Å². The second-order valence-electron chi connectivity index (χ2n) is 6.12. The topological polar surface area (TPSA) is 3.24 Å². The van der Waals surface area contributed by atoms with Gasteiger partial charge in [-0.3, -0.25) is 4.90 Å². The lowest BCUT2D eigenvalue weighted by atomic mass is 9.81. The molecule has 1 aliphatic heterocycles. The van der Waals surface area contributed by atoms with Gasteiger partial charge in [0.05, 0.1) is 6.54 Å². The van der Waals surface area contributed by atoms with Crippen LogP contribution in [0, 0.1) is 11.3 Å². The van der Waals surface area contributed by atoms with Crippen molar-refractivity contribution >= 4 is 0 Å². The van der Waals surface area contributed by atoms with Crippen molar-refractivity contribution in [2.75, 3.05) is 19.6 Å². The maximum atomic E-state index is 12.3. The zero-order valence-corrected chi connectivity index (χ0v) is 10.4. The molecule has 96 valence electrons. The Labute approximate surface area is 96.0 Å². The number of nitrogens with zero attached hydrogens (tertiary/aromatic N) is 1. The van der Waals surface area contributed by atoms with Gasteiger partial charge in [0.15, 0.2) is 0 Å². The van der Waals surface area contributed by atoms with Crippen molar-refractivity contribution in [1.82, 2.24) is 4.90 Å². The molecule has 0 aliphatic carbocycles. The molecule has 1 heterocycles. The first-order chi connectivity index (χ1) is 7.16. The van der Waals surface area contributed by atoms with E-state index in [1.165, 1.54) is 0 Å². The van der Waals surface area contributed by atoms with E-state index in [1.54, 1.807) is 4.90 Å². The molecular formula is C12H22F3N. The van der Waals surface area contributed by atoms with Crippen molar-refractivity contribution in [2.24, 2.45) is 11.3 Å². The molecule has 1 saturated heterocycles. The molecule has 0 aromatic carbocycles. The highest BCUT2D eigenvalue weighted by Gasteiger charge is 2.33. The number of piperidine rings is 1. The molecular weight excluding hydrogens is 215 g/mol. The van der Waals surface area contributed by atoms with E-state index < -0.39 is 12.7 Å². The summed E-state index contributed by atoms with van der Waals surface area (Å²) in [5, 5.41) is 0. The number of likely N-dealkylation sites (tertiary alicyclic amines) is 1. The summed E-state index contributed by atoms with van der Waals surface area (Å²) >= 11 is 0. The van der Waals surface area contributed by atoms with Crippen molar-refractivity contribution in [3.63, 3.8) is 0 Å². The minimum absolute atomic E-state index is 0.214. The van der Waals surface area contributed by atoms with E-state index in [0.717, 1.165) is 19.3 Å². The van der Waals surface area contributed by atoms with E-state index in [9.17, 15) is 13.2 Å². The van der Waals surface area contributed by atoms with Crippen LogP contribution in [0.5, 0.6) is 0 Å². The van der Waals surface area contributed by atoms with Gasteiger partial charge in [-0.25, -0.2) is 0 Å². The maximum Gasteiger partial charge on any atom is 0.401 e. The minimum atomic E-state index is -4.05. The summed E-state index contributed by atoms with van der Waals surface area (Å²) in [5.74, 6) is 0.427. The molecule has 0 aromatic rings. The fraction of sp³-hybridized carbons (Fsp3) is 1.00. The van der Waals surface area contributed by atoms with E-state index in [0.29, 0.717) is 19.0 Å². The van der Waals surface area contributed by atoms with Crippen LogP contribution in [0.1, 0.15) is 40.0 Å². The molecule has 0 aromatic heterocycles.